The topological polar surface area (TPSA) is 70.6 Å². The maximum absolute atomic E-state index is 8.55. The Kier molecular flexibility index (Phi) is 2.31. The SMILES string of the molecule is Cn1nnnc1N(CCC#N)C1CC1. The molecule has 1 aliphatic carbocycles. The van der Waals surface area contributed by atoms with Crippen LogP contribution in [0.15, 0.2) is 0 Å². The van der Waals surface area contributed by atoms with Crippen LogP contribution in [-0.2, 0) is 7.05 Å². The van der Waals surface area contributed by atoms with E-state index >= 15 is 0 Å². The molecular formula is C8H12N6. The van der Waals surface area contributed by atoms with Gasteiger partial charge in [-0.3, -0.25) is 0 Å². The molecule has 0 spiro atoms. The van der Waals surface area contributed by atoms with Crippen LogP contribution in [0.3, 0.4) is 0 Å². The summed E-state index contributed by atoms with van der Waals surface area (Å²) in [6.07, 6.45) is 2.87. The van der Waals surface area contributed by atoms with Crippen molar-refractivity contribution in [1.29, 1.82) is 5.26 Å². The molecule has 1 aliphatic rings. The quantitative estimate of drug-likeness (QED) is 0.676. The molecule has 74 valence electrons. The first kappa shape index (κ1) is 8.94. The Labute approximate surface area is 82.1 Å². The number of hydrogen-bond donors (Lipinski definition) is 0. The molecule has 0 aliphatic heterocycles. The number of nitrogens with zero attached hydrogens (tertiary/aromatic N) is 6. The predicted molar refractivity (Wildman–Crippen MR) is 49.4 cm³/mol. The summed E-state index contributed by atoms with van der Waals surface area (Å²) < 4.78 is 1.65. The Bertz CT molecular complexity index is 347. The van der Waals surface area contributed by atoms with E-state index in [1.807, 2.05) is 7.05 Å². The number of hydrogen-bond acceptors (Lipinski definition) is 5. The molecule has 2 rings (SSSR count). The zero-order valence-electron chi connectivity index (χ0n) is 8.09. The van der Waals surface area contributed by atoms with Gasteiger partial charge in [0.2, 0.25) is 5.95 Å². The molecule has 0 bridgehead atoms. The van der Waals surface area contributed by atoms with Gasteiger partial charge in [-0.2, -0.15) is 5.26 Å². The summed E-state index contributed by atoms with van der Waals surface area (Å²) in [6.45, 7) is 0.718. The fourth-order valence-corrected chi connectivity index (χ4v) is 1.47. The van der Waals surface area contributed by atoms with E-state index in [9.17, 15) is 0 Å². The zero-order chi connectivity index (χ0) is 9.97. The normalized spacial score (nSPS) is 15.1. The standard InChI is InChI=1S/C8H12N6/c1-13-8(10-11-12-13)14(6-2-5-9)7-3-4-7/h7H,2-4,6H2,1H3. The first-order valence-electron chi connectivity index (χ1n) is 4.69. The van der Waals surface area contributed by atoms with E-state index in [1.54, 1.807) is 4.68 Å². The van der Waals surface area contributed by atoms with Gasteiger partial charge < -0.3 is 4.90 Å². The zero-order valence-corrected chi connectivity index (χ0v) is 8.09. The van der Waals surface area contributed by atoms with Gasteiger partial charge in [-0.15, -0.1) is 0 Å². The summed E-state index contributed by atoms with van der Waals surface area (Å²) in [5, 5.41) is 19.9. The van der Waals surface area contributed by atoms with Crippen LogP contribution >= 0.6 is 0 Å². The van der Waals surface area contributed by atoms with Crippen molar-refractivity contribution < 1.29 is 0 Å². The third-order valence-electron chi connectivity index (χ3n) is 2.31. The van der Waals surface area contributed by atoms with Crippen molar-refractivity contribution in [3.05, 3.63) is 0 Å². The molecule has 0 saturated heterocycles. The van der Waals surface area contributed by atoms with Gasteiger partial charge in [0.05, 0.1) is 12.5 Å². The van der Waals surface area contributed by atoms with Crippen LogP contribution < -0.4 is 4.90 Å². The highest BCUT2D eigenvalue weighted by molar-refractivity contribution is 5.32. The predicted octanol–water partition coefficient (Wildman–Crippen LogP) is 0.0926. The highest BCUT2D eigenvalue weighted by atomic mass is 15.6. The summed E-state index contributed by atoms with van der Waals surface area (Å²) in [5.41, 5.74) is 0. The van der Waals surface area contributed by atoms with Crippen LogP contribution in [0.5, 0.6) is 0 Å². The second-order valence-corrected chi connectivity index (χ2v) is 3.44. The minimum atomic E-state index is 0.517. The van der Waals surface area contributed by atoms with E-state index in [0.29, 0.717) is 12.5 Å². The van der Waals surface area contributed by atoms with Crippen LogP contribution in [0.25, 0.3) is 0 Å². The van der Waals surface area contributed by atoms with Crippen molar-refractivity contribution in [3.8, 4) is 6.07 Å². The molecule has 1 saturated carbocycles. The molecule has 14 heavy (non-hydrogen) atoms. The Morgan fingerprint density at radius 1 is 1.64 bits per heavy atom. The van der Waals surface area contributed by atoms with Gasteiger partial charge in [0.25, 0.3) is 0 Å². The fourth-order valence-electron chi connectivity index (χ4n) is 1.47. The maximum Gasteiger partial charge on any atom is 0.245 e. The average Bonchev–Trinajstić information content (AvgIpc) is 2.92. The van der Waals surface area contributed by atoms with E-state index in [4.69, 9.17) is 5.26 Å². The lowest BCUT2D eigenvalue weighted by molar-refractivity contribution is 0.675. The number of anilines is 1. The third-order valence-corrected chi connectivity index (χ3v) is 2.31. The first-order valence-corrected chi connectivity index (χ1v) is 4.69. The van der Waals surface area contributed by atoms with Gasteiger partial charge in [-0.25, -0.2) is 4.68 Å². The van der Waals surface area contributed by atoms with Gasteiger partial charge in [0.1, 0.15) is 0 Å². The lowest BCUT2D eigenvalue weighted by Crippen LogP contribution is -2.29. The minimum absolute atomic E-state index is 0.517. The molecule has 0 N–H and O–H groups in total. The van der Waals surface area contributed by atoms with Crippen LogP contribution in [0.2, 0.25) is 0 Å². The first-order chi connectivity index (χ1) is 6.83. The molecule has 0 atom stereocenters. The highest BCUT2D eigenvalue weighted by Crippen LogP contribution is 2.29. The van der Waals surface area contributed by atoms with E-state index < -0.39 is 0 Å². The van der Waals surface area contributed by atoms with Crippen molar-refractivity contribution in [2.75, 3.05) is 11.4 Å². The van der Waals surface area contributed by atoms with Gasteiger partial charge >= 0.3 is 0 Å². The van der Waals surface area contributed by atoms with Crippen molar-refractivity contribution >= 4 is 5.95 Å². The molecule has 6 nitrogen and oxygen atoms in total. The van der Waals surface area contributed by atoms with Gasteiger partial charge in [0, 0.05) is 19.6 Å². The second kappa shape index (κ2) is 3.62. The highest BCUT2D eigenvalue weighted by Gasteiger charge is 2.31. The lowest BCUT2D eigenvalue weighted by Gasteiger charge is -2.20. The smallest absolute Gasteiger partial charge is 0.245 e. The van der Waals surface area contributed by atoms with Crippen LogP contribution in [-0.4, -0.2) is 32.8 Å². The number of tetrazole rings is 1. The lowest BCUT2D eigenvalue weighted by atomic mass is 10.4. The molecule has 1 fully saturated rings. The van der Waals surface area contributed by atoms with Crippen molar-refractivity contribution in [3.63, 3.8) is 0 Å². The number of nitriles is 1. The summed E-state index contributed by atoms with van der Waals surface area (Å²) in [6, 6.07) is 2.68. The Morgan fingerprint density at radius 3 is 2.93 bits per heavy atom. The summed E-state index contributed by atoms with van der Waals surface area (Å²) >= 11 is 0. The van der Waals surface area contributed by atoms with Crippen molar-refractivity contribution in [2.24, 2.45) is 7.05 Å². The molecule has 0 aromatic carbocycles. The largest absolute Gasteiger partial charge is 0.336 e. The minimum Gasteiger partial charge on any atom is -0.336 e. The average molecular weight is 192 g/mol. The Morgan fingerprint density at radius 2 is 2.43 bits per heavy atom. The van der Waals surface area contributed by atoms with Crippen molar-refractivity contribution in [2.45, 2.75) is 25.3 Å². The maximum atomic E-state index is 8.55. The molecule has 0 radical (unpaired) electrons. The van der Waals surface area contributed by atoms with Crippen molar-refractivity contribution in [1.82, 2.24) is 20.2 Å². The molecule has 1 aromatic heterocycles. The fraction of sp³-hybridized carbons (Fsp3) is 0.750. The molecule has 1 heterocycles. The number of aryl methyl sites for hydroxylation is 1. The van der Waals surface area contributed by atoms with Gasteiger partial charge in [0.15, 0.2) is 0 Å². The van der Waals surface area contributed by atoms with Crippen LogP contribution in [0.1, 0.15) is 19.3 Å². The van der Waals surface area contributed by atoms with E-state index in [0.717, 1.165) is 12.5 Å². The van der Waals surface area contributed by atoms with E-state index in [1.165, 1.54) is 12.8 Å². The molecule has 6 heteroatoms. The Balaban J connectivity index is 2.11. The van der Waals surface area contributed by atoms with Gasteiger partial charge in [-0.05, 0) is 23.3 Å². The second-order valence-electron chi connectivity index (χ2n) is 3.44. The number of rotatable bonds is 4. The van der Waals surface area contributed by atoms with Crippen LogP contribution in [0, 0.1) is 11.3 Å². The van der Waals surface area contributed by atoms with Gasteiger partial charge in [-0.1, -0.05) is 5.10 Å². The number of aromatic nitrogens is 4. The Hall–Kier alpha value is -1.64. The molecule has 0 amide bonds. The van der Waals surface area contributed by atoms with E-state index in [2.05, 4.69) is 26.5 Å². The molecule has 0 unspecified atom stereocenters. The summed E-state index contributed by atoms with van der Waals surface area (Å²) in [4.78, 5) is 2.11. The molecular weight excluding hydrogens is 180 g/mol. The monoisotopic (exact) mass is 192 g/mol. The third kappa shape index (κ3) is 1.66. The van der Waals surface area contributed by atoms with Crippen LogP contribution in [0.4, 0.5) is 5.95 Å². The molecule has 1 aromatic rings. The summed E-state index contributed by atoms with van der Waals surface area (Å²) in [5.74, 6) is 0.766. The summed E-state index contributed by atoms with van der Waals surface area (Å²) in [7, 11) is 1.82. The van der Waals surface area contributed by atoms with E-state index in [-0.39, 0.29) is 0 Å².